The number of ether oxygens (including phenoxy) is 1. The second-order valence-corrected chi connectivity index (χ2v) is 5.25. The normalized spacial score (nSPS) is 23.4. The van der Waals surface area contributed by atoms with Crippen LogP contribution in [0.1, 0.15) is 5.56 Å². The molecule has 1 N–H and O–H groups in total. The number of imide groups is 1. The Bertz CT molecular complexity index is 506. The van der Waals surface area contributed by atoms with E-state index in [1.54, 1.807) is 12.4 Å². The Morgan fingerprint density at radius 2 is 2.14 bits per heavy atom. The van der Waals surface area contributed by atoms with Crippen molar-refractivity contribution in [1.29, 1.82) is 0 Å². The molecule has 1 aromatic heterocycles. The lowest BCUT2D eigenvalue weighted by atomic mass is 10.2. The molecule has 7 heteroatoms. The zero-order valence-corrected chi connectivity index (χ0v) is 11.7. The average molecular weight is 290 g/mol. The highest BCUT2D eigenvalue weighted by Gasteiger charge is 2.32. The monoisotopic (exact) mass is 290 g/mol. The number of amides is 3. The van der Waals surface area contributed by atoms with Crippen molar-refractivity contribution in [2.45, 2.75) is 12.6 Å². The lowest BCUT2D eigenvalue weighted by Crippen LogP contribution is -2.48. The molecule has 3 rings (SSSR count). The number of carbonyl (C=O) groups is 2. The highest BCUT2D eigenvalue weighted by molar-refractivity contribution is 6.01. The fourth-order valence-electron chi connectivity index (χ4n) is 2.62. The summed E-state index contributed by atoms with van der Waals surface area (Å²) in [4.78, 5) is 30.7. The van der Waals surface area contributed by atoms with Crippen LogP contribution in [0.5, 0.6) is 0 Å². The minimum absolute atomic E-state index is 0.0896. The summed E-state index contributed by atoms with van der Waals surface area (Å²) in [6.45, 7) is 3.39. The number of carbonyl (C=O) groups excluding carboxylic acids is 2. The van der Waals surface area contributed by atoms with E-state index in [0.29, 0.717) is 19.7 Å². The summed E-state index contributed by atoms with van der Waals surface area (Å²) < 4.78 is 5.68. The Kier molecular flexibility index (Phi) is 4.12. The zero-order chi connectivity index (χ0) is 14.7. The van der Waals surface area contributed by atoms with Crippen molar-refractivity contribution in [2.75, 3.05) is 32.8 Å². The van der Waals surface area contributed by atoms with E-state index in [9.17, 15) is 9.59 Å². The Balaban J connectivity index is 1.56. The largest absolute Gasteiger partial charge is 0.374 e. The Labute approximate surface area is 122 Å². The van der Waals surface area contributed by atoms with Crippen molar-refractivity contribution in [3.63, 3.8) is 0 Å². The fraction of sp³-hybridized carbons (Fsp3) is 0.500. The van der Waals surface area contributed by atoms with Crippen molar-refractivity contribution >= 4 is 11.9 Å². The van der Waals surface area contributed by atoms with Crippen LogP contribution in [0.4, 0.5) is 4.79 Å². The van der Waals surface area contributed by atoms with E-state index < -0.39 is 0 Å². The molecule has 21 heavy (non-hydrogen) atoms. The molecule has 2 aliphatic heterocycles. The highest BCUT2D eigenvalue weighted by Crippen LogP contribution is 2.12. The first-order valence-corrected chi connectivity index (χ1v) is 7.03. The molecular formula is C14H18N4O3. The van der Waals surface area contributed by atoms with Gasteiger partial charge in [0.2, 0.25) is 5.91 Å². The molecule has 7 nitrogen and oxygen atoms in total. The van der Waals surface area contributed by atoms with E-state index in [0.717, 1.165) is 13.1 Å². The van der Waals surface area contributed by atoms with Gasteiger partial charge in [0.05, 0.1) is 25.8 Å². The number of hydrogen-bond donors (Lipinski definition) is 1. The van der Waals surface area contributed by atoms with Gasteiger partial charge in [0, 0.05) is 32.0 Å². The lowest BCUT2D eigenvalue weighted by Gasteiger charge is -2.34. The molecule has 0 aromatic carbocycles. The topological polar surface area (TPSA) is 74.8 Å². The van der Waals surface area contributed by atoms with Gasteiger partial charge < -0.3 is 10.1 Å². The number of hydrogen-bond acceptors (Lipinski definition) is 5. The molecule has 3 heterocycles. The molecule has 2 fully saturated rings. The number of rotatable bonds is 4. The van der Waals surface area contributed by atoms with Gasteiger partial charge in [0.25, 0.3) is 0 Å². The molecule has 0 radical (unpaired) electrons. The maximum absolute atomic E-state index is 11.6. The predicted octanol–water partition coefficient (Wildman–Crippen LogP) is -0.166. The molecule has 1 unspecified atom stereocenters. The molecule has 0 bridgehead atoms. The van der Waals surface area contributed by atoms with Crippen molar-refractivity contribution < 1.29 is 14.3 Å². The van der Waals surface area contributed by atoms with Gasteiger partial charge in [-0.1, -0.05) is 0 Å². The van der Waals surface area contributed by atoms with Crippen molar-refractivity contribution in [3.8, 4) is 0 Å². The van der Waals surface area contributed by atoms with Crippen LogP contribution in [0.3, 0.4) is 0 Å². The fourth-order valence-corrected chi connectivity index (χ4v) is 2.62. The van der Waals surface area contributed by atoms with Gasteiger partial charge in [-0.15, -0.1) is 0 Å². The number of aromatic nitrogens is 1. The van der Waals surface area contributed by atoms with Gasteiger partial charge in [-0.2, -0.15) is 0 Å². The maximum atomic E-state index is 11.6. The van der Waals surface area contributed by atoms with E-state index in [1.807, 2.05) is 12.1 Å². The molecule has 2 aliphatic rings. The van der Waals surface area contributed by atoms with E-state index in [1.165, 1.54) is 10.5 Å². The summed E-state index contributed by atoms with van der Waals surface area (Å²) in [5.41, 5.74) is 1.20. The second-order valence-electron chi connectivity index (χ2n) is 5.25. The summed E-state index contributed by atoms with van der Waals surface area (Å²) in [7, 11) is 0. The van der Waals surface area contributed by atoms with Crippen LogP contribution < -0.4 is 5.32 Å². The summed E-state index contributed by atoms with van der Waals surface area (Å²) in [5.74, 6) is -0.185. The van der Waals surface area contributed by atoms with Gasteiger partial charge in [-0.05, 0) is 17.7 Å². The number of urea groups is 1. The van der Waals surface area contributed by atoms with Crippen LogP contribution in [0.15, 0.2) is 24.5 Å². The molecule has 0 saturated carbocycles. The van der Waals surface area contributed by atoms with Gasteiger partial charge >= 0.3 is 6.03 Å². The Hall–Kier alpha value is -1.99. The first-order chi connectivity index (χ1) is 10.2. The summed E-state index contributed by atoms with van der Waals surface area (Å²) in [6.07, 6.45) is 3.43. The summed E-state index contributed by atoms with van der Waals surface area (Å²) in [6, 6.07) is 3.65. The van der Waals surface area contributed by atoms with Crippen LogP contribution in [0.2, 0.25) is 0 Å². The molecule has 112 valence electrons. The summed E-state index contributed by atoms with van der Waals surface area (Å²) in [5, 5.41) is 2.52. The van der Waals surface area contributed by atoms with Crippen LogP contribution >= 0.6 is 0 Å². The SMILES string of the molecule is O=C1CNC(=O)N1CC1CN(Cc2ccncc2)CCO1. The smallest absolute Gasteiger partial charge is 0.324 e. The number of nitrogens with zero attached hydrogens (tertiary/aromatic N) is 3. The van der Waals surface area contributed by atoms with Gasteiger partial charge in [0.15, 0.2) is 0 Å². The van der Waals surface area contributed by atoms with Gasteiger partial charge in [-0.3, -0.25) is 19.6 Å². The molecule has 1 atom stereocenters. The third-order valence-electron chi connectivity index (χ3n) is 3.70. The third-order valence-corrected chi connectivity index (χ3v) is 3.70. The molecule has 1 aromatic rings. The van der Waals surface area contributed by atoms with E-state index in [2.05, 4.69) is 15.2 Å². The summed E-state index contributed by atoms with van der Waals surface area (Å²) >= 11 is 0. The third kappa shape index (κ3) is 3.37. The van der Waals surface area contributed by atoms with Crippen molar-refractivity contribution in [3.05, 3.63) is 30.1 Å². The van der Waals surface area contributed by atoms with Gasteiger partial charge in [0.1, 0.15) is 0 Å². The molecular weight excluding hydrogens is 272 g/mol. The standard InChI is InChI=1S/C14H18N4O3/c19-13-7-16-14(20)18(13)10-12-9-17(5-6-21-12)8-11-1-3-15-4-2-11/h1-4,12H,5-10H2,(H,16,20). The van der Waals surface area contributed by atoms with Crippen LogP contribution in [-0.4, -0.2) is 65.6 Å². The van der Waals surface area contributed by atoms with Crippen LogP contribution in [0, 0.1) is 0 Å². The van der Waals surface area contributed by atoms with Crippen LogP contribution in [-0.2, 0) is 16.1 Å². The Morgan fingerprint density at radius 1 is 1.33 bits per heavy atom. The van der Waals surface area contributed by atoms with E-state index in [4.69, 9.17) is 4.74 Å². The minimum Gasteiger partial charge on any atom is -0.374 e. The molecule has 0 aliphatic carbocycles. The zero-order valence-electron chi connectivity index (χ0n) is 11.7. The molecule has 3 amide bonds. The molecule has 2 saturated heterocycles. The maximum Gasteiger partial charge on any atom is 0.324 e. The molecule has 0 spiro atoms. The van der Waals surface area contributed by atoms with Crippen molar-refractivity contribution in [2.24, 2.45) is 0 Å². The van der Waals surface area contributed by atoms with E-state index in [-0.39, 0.29) is 24.6 Å². The number of nitrogens with one attached hydrogen (secondary N) is 1. The Morgan fingerprint density at radius 3 is 2.86 bits per heavy atom. The lowest BCUT2D eigenvalue weighted by molar-refractivity contribution is -0.127. The van der Waals surface area contributed by atoms with Crippen molar-refractivity contribution in [1.82, 2.24) is 20.1 Å². The predicted molar refractivity (Wildman–Crippen MR) is 74.4 cm³/mol. The number of pyridine rings is 1. The van der Waals surface area contributed by atoms with Gasteiger partial charge in [-0.25, -0.2) is 4.79 Å². The average Bonchev–Trinajstić information content (AvgIpc) is 2.81. The van der Waals surface area contributed by atoms with E-state index >= 15 is 0 Å². The highest BCUT2D eigenvalue weighted by atomic mass is 16.5. The second kappa shape index (κ2) is 6.19. The number of morpholine rings is 1. The van der Waals surface area contributed by atoms with Crippen LogP contribution in [0.25, 0.3) is 0 Å². The quantitative estimate of drug-likeness (QED) is 0.780. The minimum atomic E-state index is -0.324. The first kappa shape index (κ1) is 14.0. The first-order valence-electron chi connectivity index (χ1n) is 7.03.